The van der Waals surface area contributed by atoms with Crippen LogP contribution in [0.15, 0.2) is 17.1 Å². The molecule has 0 bridgehead atoms. The first-order valence-electron chi connectivity index (χ1n) is 11.2. The van der Waals surface area contributed by atoms with Crippen molar-refractivity contribution < 1.29 is 34.2 Å². The van der Waals surface area contributed by atoms with E-state index in [-0.39, 0.29) is 24.2 Å². The second kappa shape index (κ2) is 8.35. The maximum atomic E-state index is 13.7. The SMILES string of the molecule is CN(C)C=Nc1ccc(O)c2c1C[C@H]1C[C@H]3[C@@H](N(C)C)C(=O)C(C(N)=O)C(=O)[C@@]3(O)C(=O)C1C2=O. The Hall–Kier alpha value is -3.44. The molecular weight excluding hydrogens is 456 g/mol. The van der Waals surface area contributed by atoms with Crippen molar-refractivity contribution in [2.45, 2.75) is 24.5 Å². The van der Waals surface area contributed by atoms with Crippen LogP contribution in [-0.2, 0) is 25.6 Å². The molecule has 1 aromatic rings. The van der Waals surface area contributed by atoms with Crippen molar-refractivity contribution >= 4 is 41.1 Å². The summed E-state index contributed by atoms with van der Waals surface area (Å²) in [5.41, 5.74) is 3.40. The van der Waals surface area contributed by atoms with E-state index < -0.39 is 64.4 Å². The molecule has 0 aliphatic heterocycles. The number of Topliss-reactive ketones (excluding diaryl/α,β-unsaturated/α-hetero) is 4. The van der Waals surface area contributed by atoms with Gasteiger partial charge in [0.25, 0.3) is 0 Å². The van der Waals surface area contributed by atoms with Gasteiger partial charge in [-0.05, 0) is 50.6 Å². The molecule has 2 fully saturated rings. The van der Waals surface area contributed by atoms with Crippen LogP contribution in [0.3, 0.4) is 0 Å². The lowest BCUT2D eigenvalue weighted by atomic mass is 9.52. The van der Waals surface area contributed by atoms with Crippen LogP contribution in [0.2, 0.25) is 0 Å². The minimum atomic E-state index is -2.73. The predicted octanol–water partition coefficient (Wildman–Crippen LogP) is -0.912. The summed E-state index contributed by atoms with van der Waals surface area (Å²) in [6, 6.07) is 1.74. The van der Waals surface area contributed by atoms with Crippen LogP contribution in [0, 0.1) is 23.7 Å². The van der Waals surface area contributed by atoms with Crippen LogP contribution in [0.1, 0.15) is 22.3 Å². The van der Waals surface area contributed by atoms with E-state index in [0.717, 1.165) is 0 Å². The Balaban J connectivity index is 1.86. The van der Waals surface area contributed by atoms with E-state index in [1.807, 2.05) is 0 Å². The first-order chi connectivity index (χ1) is 16.3. The summed E-state index contributed by atoms with van der Waals surface area (Å²) in [6.45, 7) is 0. The number of likely N-dealkylation sites (N-methyl/N-ethyl adjacent to an activating group) is 1. The molecule has 0 spiro atoms. The standard InChI is InChI=1S/C24H28N4O7/c1-27(2)9-26-13-5-6-14(29)16-11(13)7-10-8-12-18(28(3)4)20(31)17(23(25)34)22(33)24(12,35)21(32)15(10)19(16)30/h5-6,9-10,12,15,17-18,29,35H,7-8H2,1-4H3,(H2,25,34)/t10-,12-,15?,17?,18+,24-/m0/s1. The van der Waals surface area contributed by atoms with Crippen molar-refractivity contribution in [3.8, 4) is 5.75 Å². The monoisotopic (exact) mass is 484 g/mol. The number of ketones is 4. The van der Waals surface area contributed by atoms with E-state index in [4.69, 9.17) is 5.73 Å². The van der Waals surface area contributed by atoms with Crippen LogP contribution in [0.25, 0.3) is 0 Å². The Labute approximate surface area is 201 Å². The highest BCUT2D eigenvalue weighted by atomic mass is 16.3. The van der Waals surface area contributed by atoms with E-state index >= 15 is 0 Å². The normalized spacial score (nSPS) is 32.5. The molecular formula is C24H28N4O7. The summed E-state index contributed by atoms with van der Waals surface area (Å²) in [5, 5.41) is 22.0. The van der Waals surface area contributed by atoms with E-state index in [2.05, 4.69) is 4.99 Å². The zero-order valence-electron chi connectivity index (χ0n) is 19.9. The van der Waals surface area contributed by atoms with E-state index in [9.17, 15) is 34.2 Å². The van der Waals surface area contributed by atoms with E-state index in [0.29, 0.717) is 11.3 Å². The third kappa shape index (κ3) is 3.49. The van der Waals surface area contributed by atoms with Gasteiger partial charge in [0.1, 0.15) is 5.75 Å². The van der Waals surface area contributed by atoms with Crippen LogP contribution < -0.4 is 5.73 Å². The summed E-state index contributed by atoms with van der Waals surface area (Å²) in [7, 11) is 6.63. The van der Waals surface area contributed by atoms with Gasteiger partial charge in [0.15, 0.2) is 34.7 Å². The minimum Gasteiger partial charge on any atom is -0.507 e. The van der Waals surface area contributed by atoms with Crippen molar-refractivity contribution in [2.75, 3.05) is 28.2 Å². The first kappa shape index (κ1) is 24.7. The molecule has 1 aromatic carbocycles. The number of nitrogens with zero attached hydrogens (tertiary/aromatic N) is 3. The fourth-order valence-corrected chi connectivity index (χ4v) is 5.89. The number of hydrogen-bond donors (Lipinski definition) is 3. The zero-order chi connectivity index (χ0) is 26.0. The van der Waals surface area contributed by atoms with Gasteiger partial charge in [-0.1, -0.05) is 0 Å². The molecule has 3 aliphatic carbocycles. The lowest BCUT2D eigenvalue weighted by molar-refractivity contribution is -0.181. The maximum absolute atomic E-state index is 13.7. The van der Waals surface area contributed by atoms with Crippen molar-refractivity contribution in [2.24, 2.45) is 34.4 Å². The molecule has 0 heterocycles. The van der Waals surface area contributed by atoms with Crippen LogP contribution in [0.4, 0.5) is 5.69 Å². The number of aliphatic imine (C=N–C) groups is 1. The number of carbonyl (C=O) groups excluding carboxylic acids is 5. The average Bonchev–Trinajstić information content (AvgIpc) is 2.75. The number of fused-ring (bicyclic) bond motifs is 3. The van der Waals surface area contributed by atoms with Crippen molar-refractivity contribution in [3.05, 3.63) is 23.3 Å². The molecule has 0 aromatic heterocycles. The highest BCUT2D eigenvalue weighted by molar-refractivity contribution is 6.32. The molecule has 186 valence electrons. The fraction of sp³-hybridized carbons (Fsp3) is 0.500. The maximum Gasteiger partial charge on any atom is 0.235 e. The molecule has 4 N–H and O–H groups in total. The van der Waals surface area contributed by atoms with Crippen molar-refractivity contribution in [3.63, 3.8) is 0 Å². The quantitative estimate of drug-likeness (QED) is 0.278. The summed E-state index contributed by atoms with van der Waals surface area (Å²) in [5.74, 6) is -10.7. The third-order valence-corrected chi connectivity index (χ3v) is 7.35. The topological polar surface area (TPSA) is 171 Å². The van der Waals surface area contributed by atoms with Gasteiger partial charge in [0, 0.05) is 20.0 Å². The highest BCUT2D eigenvalue weighted by Crippen LogP contribution is 2.51. The number of rotatable bonds is 4. The lowest BCUT2D eigenvalue weighted by Crippen LogP contribution is -2.74. The number of benzene rings is 1. The molecule has 3 aliphatic rings. The van der Waals surface area contributed by atoms with Gasteiger partial charge in [-0.15, -0.1) is 0 Å². The molecule has 0 radical (unpaired) electrons. The molecule has 4 rings (SSSR count). The Morgan fingerprint density at radius 3 is 2.37 bits per heavy atom. The number of carbonyl (C=O) groups is 5. The van der Waals surface area contributed by atoms with Crippen molar-refractivity contribution in [1.82, 2.24) is 9.80 Å². The molecule has 11 heteroatoms. The molecule has 2 saturated carbocycles. The number of aromatic hydroxyl groups is 1. The number of nitrogens with two attached hydrogens (primary N) is 1. The first-order valence-corrected chi connectivity index (χ1v) is 11.2. The van der Waals surface area contributed by atoms with Gasteiger partial charge >= 0.3 is 0 Å². The third-order valence-electron chi connectivity index (χ3n) is 7.35. The summed E-state index contributed by atoms with van der Waals surface area (Å²) in [4.78, 5) is 73.1. The number of amides is 1. The highest BCUT2D eigenvalue weighted by Gasteiger charge is 2.69. The summed E-state index contributed by atoms with van der Waals surface area (Å²) in [6.07, 6.45) is 1.70. The largest absolute Gasteiger partial charge is 0.507 e. The predicted molar refractivity (Wildman–Crippen MR) is 123 cm³/mol. The van der Waals surface area contributed by atoms with E-state index in [1.165, 1.54) is 11.0 Å². The summed E-state index contributed by atoms with van der Waals surface area (Å²) < 4.78 is 0. The molecule has 35 heavy (non-hydrogen) atoms. The average molecular weight is 485 g/mol. The lowest BCUT2D eigenvalue weighted by Gasteiger charge is -2.52. The Morgan fingerprint density at radius 1 is 1.14 bits per heavy atom. The molecule has 6 atom stereocenters. The van der Waals surface area contributed by atoms with Gasteiger partial charge in [-0.3, -0.25) is 28.9 Å². The Bertz CT molecular complexity index is 1190. The van der Waals surface area contributed by atoms with E-state index in [1.54, 1.807) is 45.5 Å². The molecule has 1 amide bonds. The number of primary amides is 1. The van der Waals surface area contributed by atoms with Gasteiger partial charge in [0.2, 0.25) is 5.91 Å². The number of aliphatic hydroxyl groups is 1. The molecule has 11 nitrogen and oxygen atoms in total. The van der Waals surface area contributed by atoms with Crippen molar-refractivity contribution in [1.29, 1.82) is 0 Å². The van der Waals surface area contributed by atoms with Gasteiger partial charge in [0.05, 0.1) is 29.5 Å². The minimum absolute atomic E-state index is 0.00359. The molecule has 2 unspecified atom stereocenters. The Kier molecular flexibility index (Phi) is 5.89. The number of phenolic OH excluding ortho intramolecular Hbond substituents is 1. The van der Waals surface area contributed by atoms with Gasteiger partial charge in [-0.2, -0.15) is 0 Å². The molecule has 0 saturated heterocycles. The second-order valence-corrected chi connectivity index (χ2v) is 9.95. The zero-order valence-corrected chi connectivity index (χ0v) is 19.9. The van der Waals surface area contributed by atoms with Gasteiger partial charge in [-0.25, -0.2) is 4.99 Å². The Morgan fingerprint density at radius 2 is 1.80 bits per heavy atom. The summed E-state index contributed by atoms with van der Waals surface area (Å²) >= 11 is 0. The number of phenols is 1. The smallest absolute Gasteiger partial charge is 0.235 e. The second-order valence-electron chi connectivity index (χ2n) is 9.95. The van der Waals surface area contributed by atoms with Crippen LogP contribution in [-0.4, -0.2) is 95.2 Å². The van der Waals surface area contributed by atoms with Crippen LogP contribution >= 0.6 is 0 Å². The van der Waals surface area contributed by atoms with Gasteiger partial charge < -0.3 is 20.8 Å². The van der Waals surface area contributed by atoms with Crippen LogP contribution in [0.5, 0.6) is 5.75 Å². The fourth-order valence-electron chi connectivity index (χ4n) is 5.89. The number of hydrogen-bond acceptors (Lipinski definition) is 9.